The van der Waals surface area contributed by atoms with Crippen LogP contribution in [0.2, 0.25) is 4.34 Å². The third-order valence-corrected chi connectivity index (χ3v) is 5.35. The van der Waals surface area contributed by atoms with Crippen LogP contribution in [0.4, 0.5) is 0 Å². The van der Waals surface area contributed by atoms with Gasteiger partial charge in [-0.2, -0.15) is 0 Å². The minimum atomic E-state index is -0.863. The lowest BCUT2D eigenvalue weighted by molar-refractivity contribution is 0.0702. The maximum Gasteiger partial charge on any atom is 0.345 e. The second-order valence-electron chi connectivity index (χ2n) is 4.24. The second kappa shape index (κ2) is 6.05. The zero-order chi connectivity index (χ0) is 14.0. The largest absolute Gasteiger partial charge is 0.477 e. The number of carboxylic acid groups (broad SMARTS) is 1. The molecule has 0 aliphatic heterocycles. The van der Waals surface area contributed by atoms with Crippen molar-refractivity contribution in [3.63, 3.8) is 0 Å². The zero-order valence-electron chi connectivity index (χ0n) is 10.6. The standard InChI is InChI=1S/C13H14ClNO2S2/c1-7(10-3-4-12(14)19-10)15-6-9-5-11(13(16)17)18-8(9)2/h3-5,7,15H,6H2,1-2H3,(H,16,17). The van der Waals surface area contributed by atoms with Crippen molar-refractivity contribution in [2.45, 2.75) is 26.4 Å². The molecule has 0 aliphatic carbocycles. The van der Waals surface area contributed by atoms with Crippen molar-refractivity contribution >= 4 is 40.2 Å². The molecule has 0 spiro atoms. The number of halogens is 1. The first kappa shape index (κ1) is 14.5. The van der Waals surface area contributed by atoms with Crippen molar-refractivity contribution in [3.8, 4) is 0 Å². The molecule has 2 aromatic heterocycles. The summed E-state index contributed by atoms with van der Waals surface area (Å²) in [6, 6.07) is 5.83. The molecule has 3 nitrogen and oxygen atoms in total. The van der Waals surface area contributed by atoms with Crippen LogP contribution in [0, 0.1) is 6.92 Å². The molecule has 0 radical (unpaired) electrons. The van der Waals surface area contributed by atoms with Gasteiger partial charge in [0.25, 0.3) is 0 Å². The van der Waals surface area contributed by atoms with Crippen molar-refractivity contribution in [3.05, 3.63) is 42.7 Å². The van der Waals surface area contributed by atoms with Crippen LogP contribution in [0.3, 0.4) is 0 Å². The SMILES string of the molecule is Cc1sc(C(=O)O)cc1CNC(C)c1ccc(Cl)s1. The summed E-state index contributed by atoms with van der Waals surface area (Å²) in [5, 5.41) is 12.3. The maximum absolute atomic E-state index is 10.9. The molecule has 0 saturated carbocycles. The Hall–Kier alpha value is -0.880. The van der Waals surface area contributed by atoms with E-state index >= 15 is 0 Å². The molecule has 1 atom stereocenters. The quantitative estimate of drug-likeness (QED) is 0.864. The summed E-state index contributed by atoms with van der Waals surface area (Å²) in [7, 11) is 0. The molecular formula is C13H14ClNO2S2. The van der Waals surface area contributed by atoms with Crippen LogP contribution in [0.5, 0.6) is 0 Å². The third kappa shape index (κ3) is 3.57. The summed E-state index contributed by atoms with van der Waals surface area (Å²) in [4.78, 5) is 13.5. The first-order chi connectivity index (χ1) is 8.97. The van der Waals surface area contributed by atoms with Crippen LogP contribution in [-0.4, -0.2) is 11.1 Å². The predicted octanol–water partition coefficient (Wildman–Crippen LogP) is 4.32. The van der Waals surface area contributed by atoms with Crippen molar-refractivity contribution < 1.29 is 9.90 Å². The molecule has 0 bridgehead atoms. The fourth-order valence-electron chi connectivity index (χ4n) is 1.73. The number of hydrogen-bond acceptors (Lipinski definition) is 4. The van der Waals surface area contributed by atoms with E-state index in [1.54, 1.807) is 17.4 Å². The van der Waals surface area contributed by atoms with Gasteiger partial charge < -0.3 is 10.4 Å². The molecule has 2 heterocycles. The van der Waals surface area contributed by atoms with Gasteiger partial charge in [-0.25, -0.2) is 4.79 Å². The summed E-state index contributed by atoms with van der Waals surface area (Å²) in [6.07, 6.45) is 0. The van der Waals surface area contributed by atoms with E-state index in [-0.39, 0.29) is 6.04 Å². The smallest absolute Gasteiger partial charge is 0.345 e. The van der Waals surface area contributed by atoms with Crippen molar-refractivity contribution in [1.82, 2.24) is 5.32 Å². The molecule has 0 amide bonds. The molecule has 0 fully saturated rings. The Morgan fingerprint density at radius 3 is 2.74 bits per heavy atom. The van der Waals surface area contributed by atoms with Crippen molar-refractivity contribution in [1.29, 1.82) is 0 Å². The fourth-order valence-corrected chi connectivity index (χ4v) is 3.69. The van der Waals surface area contributed by atoms with E-state index in [0.29, 0.717) is 11.4 Å². The van der Waals surface area contributed by atoms with Crippen LogP contribution < -0.4 is 5.32 Å². The second-order valence-corrected chi connectivity index (χ2v) is 7.24. The van der Waals surface area contributed by atoms with Crippen LogP contribution in [0.25, 0.3) is 0 Å². The molecule has 102 valence electrons. The molecule has 0 aliphatic rings. The minimum Gasteiger partial charge on any atom is -0.477 e. The fraction of sp³-hybridized carbons (Fsp3) is 0.308. The molecular weight excluding hydrogens is 302 g/mol. The molecule has 1 unspecified atom stereocenters. The van der Waals surface area contributed by atoms with Crippen LogP contribution in [-0.2, 0) is 6.54 Å². The van der Waals surface area contributed by atoms with E-state index < -0.39 is 5.97 Å². The highest BCUT2D eigenvalue weighted by molar-refractivity contribution is 7.16. The lowest BCUT2D eigenvalue weighted by Gasteiger charge is -2.11. The van der Waals surface area contributed by atoms with E-state index in [1.807, 2.05) is 19.1 Å². The summed E-state index contributed by atoms with van der Waals surface area (Å²) < 4.78 is 0.781. The van der Waals surface area contributed by atoms with Crippen LogP contribution >= 0.6 is 34.3 Å². The lowest BCUT2D eigenvalue weighted by Crippen LogP contribution is -2.17. The maximum atomic E-state index is 10.9. The minimum absolute atomic E-state index is 0.199. The number of hydrogen-bond donors (Lipinski definition) is 2. The Morgan fingerprint density at radius 2 is 2.21 bits per heavy atom. The van der Waals surface area contributed by atoms with E-state index in [2.05, 4.69) is 12.2 Å². The van der Waals surface area contributed by atoms with Crippen LogP contribution in [0.15, 0.2) is 18.2 Å². The lowest BCUT2D eigenvalue weighted by atomic mass is 10.2. The average molecular weight is 316 g/mol. The van der Waals surface area contributed by atoms with Crippen molar-refractivity contribution in [2.75, 3.05) is 0 Å². The van der Waals surface area contributed by atoms with E-state index in [0.717, 1.165) is 14.8 Å². The van der Waals surface area contributed by atoms with Gasteiger partial charge in [0.05, 0.1) is 4.34 Å². The highest BCUT2D eigenvalue weighted by atomic mass is 35.5. The monoisotopic (exact) mass is 315 g/mol. The average Bonchev–Trinajstić information content (AvgIpc) is 2.93. The number of rotatable bonds is 5. The van der Waals surface area contributed by atoms with E-state index in [4.69, 9.17) is 16.7 Å². The Balaban J connectivity index is 2.00. The molecule has 19 heavy (non-hydrogen) atoms. The molecule has 2 rings (SSSR count). The van der Waals surface area contributed by atoms with Crippen LogP contribution in [0.1, 0.15) is 38.0 Å². The number of aromatic carboxylic acids is 1. The first-order valence-corrected chi connectivity index (χ1v) is 7.79. The van der Waals surface area contributed by atoms with Crippen molar-refractivity contribution in [2.24, 2.45) is 0 Å². The first-order valence-electron chi connectivity index (χ1n) is 5.78. The summed E-state index contributed by atoms with van der Waals surface area (Å²) in [5.41, 5.74) is 1.04. The number of carboxylic acids is 1. The highest BCUT2D eigenvalue weighted by Gasteiger charge is 2.13. The Morgan fingerprint density at radius 1 is 1.47 bits per heavy atom. The Bertz CT molecular complexity index is 591. The summed E-state index contributed by atoms with van der Waals surface area (Å²) in [5.74, 6) is -0.863. The summed E-state index contributed by atoms with van der Waals surface area (Å²) in [6.45, 7) is 4.68. The van der Waals surface area contributed by atoms with Gasteiger partial charge in [0.1, 0.15) is 4.88 Å². The predicted molar refractivity (Wildman–Crippen MR) is 80.6 cm³/mol. The summed E-state index contributed by atoms with van der Waals surface area (Å²) >= 11 is 8.78. The van der Waals surface area contributed by atoms with Gasteiger partial charge in [-0.1, -0.05) is 11.6 Å². The van der Waals surface area contributed by atoms with Gasteiger partial charge >= 0.3 is 5.97 Å². The van der Waals surface area contributed by atoms with Gasteiger partial charge in [-0.15, -0.1) is 22.7 Å². The van der Waals surface area contributed by atoms with E-state index in [1.165, 1.54) is 16.2 Å². The van der Waals surface area contributed by atoms with Gasteiger partial charge in [-0.3, -0.25) is 0 Å². The normalized spacial score (nSPS) is 12.6. The molecule has 6 heteroatoms. The zero-order valence-corrected chi connectivity index (χ0v) is 13.0. The molecule has 2 aromatic rings. The Labute approximate surface area is 124 Å². The molecule has 0 aromatic carbocycles. The Kier molecular flexibility index (Phi) is 4.62. The highest BCUT2D eigenvalue weighted by Crippen LogP contribution is 2.27. The topological polar surface area (TPSA) is 49.3 Å². The van der Waals surface area contributed by atoms with Gasteiger partial charge in [0, 0.05) is 22.3 Å². The molecule has 2 N–H and O–H groups in total. The molecule has 0 saturated heterocycles. The third-order valence-electron chi connectivity index (χ3n) is 2.85. The van der Waals surface area contributed by atoms with Gasteiger partial charge in [0.2, 0.25) is 0 Å². The van der Waals surface area contributed by atoms with E-state index in [9.17, 15) is 4.79 Å². The number of carbonyl (C=O) groups is 1. The number of aryl methyl sites for hydroxylation is 1. The van der Waals surface area contributed by atoms with Gasteiger partial charge in [0.15, 0.2) is 0 Å². The number of thiophene rings is 2. The van der Waals surface area contributed by atoms with Gasteiger partial charge in [-0.05, 0) is 37.6 Å². The number of nitrogens with one attached hydrogen (secondary N) is 1.